The number of methoxy groups -OCH3 is 1. The molecule has 1 heterocycles. The summed E-state index contributed by atoms with van der Waals surface area (Å²) < 4.78 is 10.3. The van der Waals surface area contributed by atoms with Crippen LogP contribution in [0.1, 0.15) is 19.2 Å². The van der Waals surface area contributed by atoms with E-state index in [0.29, 0.717) is 40.9 Å². The van der Waals surface area contributed by atoms with Crippen molar-refractivity contribution in [3.8, 4) is 17.1 Å². The largest absolute Gasteiger partial charge is 0.496 e. The van der Waals surface area contributed by atoms with Crippen LogP contribution in [0.3, 0.4) is 0 Å². The predicted molar refractivity (Wildman–Crippen MR) is 71.3 cm³/mol. The Bertz CT molecular complexity index is 557. The van der Waals surface area contributed by atoms with Gasteiger partial charge < -0.3 is 14.4 Å². The van der Waals surface area contributed by atoms with Gasteiger partial charge in [-0.15, -0.1) is 0 Å². The zero-order valence-electron chi connectivity index (χ0n) is 10.8. The fourth-order valence-electron chi connectivity index (χ4n) is 1.64. The Balaban J connectivity index is 2.27. The molecule has 0 saturated heterocycles. The van der Waals surface area contributed by atoms with E-state index in [4.69, 9.17) is 20.9 Å². The molecule has 2 aromatic rings. The van der Waals surface area contributed by atoms with Crippen LogP contribution in [-0.2, 0) is 6.42 Å². The lowest BCUT2D eigenvalue weighted by molar-refractivity contribution is 0.158. The van der Waals surface area contributed by atoms with E-state index in [9.17, 15) is 5.11 Å². The van der Waals surface area contributed by atoms with E-state index < -0.39 is 6.10 Å². The van der Waals surface area contributed by atoms with Crippen LogP contribution in [0.2, 0.25) is 5.02 Å². The number of hydrogen-bond donors (Lipinski definition) is 1. The molecule has 102 valence electrons. The van der Waals surface area contributed by atoms with E-state index in [-0.39, 0.29) is 0 Å². The van der Waals surface area contributed by atoms with Crippen LogP contribution in [0.5, 0.6) is 5.75 Å². The second kappa shape index (κ2) is 6.04. The Hall–Kier alpha value is -1.59. The molecular weight excluding hydrogens is 268 g/mol. The van der Waals surface area contributed by atoms with Crippen molar-refractivity contribution in [3.05, 3.63) is 29.1 Å². The molecule has 1 aromatic heterocycles. The van der Waals surface area contributed by atoms with Crippen molar-refractivity contribution in [1.82, 2.24) is 10.1 Å². The van der Waals surface area contributed by atoms with Crippen molar-refractivity contribution in [2.75, 3.05) is 7.11 Å². The molecule has 1 N–H and O–H groups in total. The third-order valence-electron chi connectivity index (χ3n) is 2.75. The number of aliphatic hydroxyl groups is 1. The summed E-state index contributed by atoms with van der Waals surface area (Å²) in [5.74, 6) is 1.41. The van der Waals surface area contributed by atoms with Gasteiger partial charge in [-0.1, -0.05) is 23.7 Å². The molecule has 6 heteroatoms. The van der Waals surface area contributed by atoms with Crippen molar-refractivity contribution in [2.45, 2.75) is 25.9 Å². The minimum absolute atomic E-state index is 0.347. The van der Waals surface area contributed by atoms with Crippen LogP contribution in [0, 0.1) is 0 Å². The minimum atomic E-state index is -0.472. The maximum atomic E-state index is 9.56. The van der Waals surface area contributed by atoms with Crippen LogP contribution in [-0.4, -0.2) is 28.5 Å². The highest BCUT2D eigenvalue weighted by molar-refractivity contribution is 6.30. The quantitative estimate of drug-likeness (QED) is 0.913. The number of aromatic nitrogens is 2. The minimum Gasteiger partial charge on any atom is -0.496 e. The summed E-state index contributed by atoms with van der Waals surface area (Å²) in [5.41, 5.74) is 0.702. The zero-order valence-corrected chi connectivity index (χ0v) is 11.5. The lowest BCUT2D eigenvalue weighted by atomic mass is 10.2. The molecule has 0 amide bonds. The first-order valence-corrected chi connectivity index (χ1v) is 6.36. The molecule has 2 rings (SSSR count). The highest BCUT2D eigenvalue weighted by Crippen LogP contribution is 2.30. The highest BCUT2D eigenvalue weighted by atomic mass is 35.5. The van der Waals surface area contributed by atoms with E-state index in [1.807, 2.05) is 6.92 Å². The summed E-state index contributed by atoms with van der Waals surface area (Å²) in [7, 11) is 1.55. The first kappa shape index (κ1) is 13.8. The standard InChI is InChI=1S/C13H15ClN2O3/c1-3-9(17)7-12-15-13(16-19-12)10-5-4-8(14)6-11(10)18-2/h4-6,9,17H,3,7H2,1-2H3. The molecule has 0 aliphatic heterocycles. The van der Waals surface area contributed by atoms with Crippen LogP contribution in [0.15, 0.2) is 22.7 Å². The topological polar surface area (TPSA) is 68.4 Å². The van der Waals surface area contributed by atoms with Gasteiger partial charge in [-0.3, -0.25) is 0 Å². The molecule has 1 unspecified atom stereocenters. The molecule has 0 saturated carbocycles. The summed E-state index contributed by atoms with van der Waals surface area (Å²) in [6.07, 6.45) is 0.516. The number of nitrogens with zero attached hydrogens (tertiary/aromatic N) is 2. The lowest BCUT2D eigenvalue weighted by Crippen LogP contribution is -2.08. The summed E-state index contributed by atoms with van der Waals surface area (Å²) in [4.78, 5) is 4.25. The second-order valence-electron chi connectivity index (χ2n) is 4.12. The van der Waals surface area contributed by atoms with Crippen LogP contribution < -0.4 is 4.74 Å². The van der Waals surface area contributed by atoms with Gasteiger partial charge >= 0.3 is 0 Å². The SMILES string of the molecule is CCC(O)Cc1nc(-c2ccc(Cl)cc2OC)no1. The van der Waals surface area contributed by atoms with E-state index in [1.54, 1.807) is 25.3 Å². The molecule has 5 nitrogen and oxygen atoms in total. The third kappa shape index (κ3) is 3.24. The first-order valence-electron chi connectivity index (χ1n) is 5.98. The summed E-state index contributed by atoms with van der Waals surface area (Å²) in [6, 6.07) is 5.19. The summed E-state index contributed by atoms with van der Waals surface area (Å²) >= 11 is 5.90. The average molecular weight is 283 g/mol. The Kier molecular flexibility index (Phi) is 4.39. The fraction of sp³-hybridized carbons (Fsp3) is 0.385. The molecule has 19 heavy (non-hydrogen) atoms. The molecular formula is C13H15ClN2O3. The molecule has 1 aromatic carbocycles. The van der Waals surface area contributed by atoms with Gasteiger partial charge in [0.05, 0.1) is 25.2 Å². The number of halogens is 1. The van der Waals surface area contributed by atoms with Gasteiger partial charge in [-0.25, -0.2) is 0 Å². The van der Waals surface area contributed by atoms with Gasteiger partial charge in [0.2, 0.25) is 11.7 Å². The Morgan fingerprint density at radius 3 is 2.95 bits per heavy atom. The number of ether oxygens (including phenoxy) is 1. The smallest absolute Gasteiger partial charge is 0.229 e. The molecule has 0 aliphatic rings. The monoisotopic (exact) mass is 282 g/mol. The van der Waals surface area contributed by atoms with Gasteiger partial charge in [0.1, 0.15) is 5.75 Å². The fourth-order valence-corrected chi connectivity index (χ4v) is 1.80. The van der Waals surface area contributed by atoms with Crippen molar-refractivity contribution < 1.29 is 14.4 Å². The number of aliphatic hydroxyl groups excluding tert-OH is 1. The number of rotatable bonds is 5. The molecule has 0 bridgehead atoms. The van der Waals surface area contributed by atoms with Crippen LogP contribution in [0.25, 0.3) is 11.4 Å². The molecule has 0 spiro atoms. The molecule has 0 aliphatic carbocycles. The van der Waals surface area contributed by atoms with Crippen molar-refractivity contribution in [3.63, 3.8) is 0 Å². The maximum absolute atomic E-state index is 9.56. The molecule has 1 atom stereocenters. The van der Waals surface area contributed by atoms with Gasteiger partial charge in [0, 0.05) is 5.02 Å². The average Bonchev–Trinajstić information content (AvgIpc) is 2.86. The van der Waals surface area contributed by atoms with Crippen molar-refractivity contribution in [2.24, 2.45) is 0 Å². The van der Waals surface area contributed by atoms with E-state index in [0.717, 1.165) is 0 Å². The second-order valence-corrected chi connectivity index (χ2v) is 4.56. The molecule has 0 radical (unpaired) electrons. The third-order valence-corrected chi connectivity index (χ3v) is 2.99. The highest BCUT2D eigenvalue weighted by Gasteiger charge is 2.15. The van der Waals surface area contributed by atoms with Crippen molar-refractivity contribution in [1.29, 1.82) is 0 Å². The number of hydrogen-bond acceptors (Lipinski definition) is 5. The number of benzene rings is 1. The Morgan fingerprint density at radius 1 is 1.47 bits per heavy atom. The van der Waals surface area contributed by atoms with Gasteiger partial charge in [0.15, 0.2) is 0 Å². The van der Waals surface area contributed by atoms with Gasteiger partial charge in [-0.2, -0.15) is 4.98 Å². The summed E-state index contributed by atoms with van der Waals surface area (Å²) in [6.45, 7) is 1.89. The zero-order chi connectivity index (χ0) is 13.8. The Labute approximate surface area is 116 Å². The maximum Gasteiger partial charge on any atom is 0.229 e. The van der Waals surface area contributed by atoms with Crippen molar-refractivity contribution >= 4 is 11.6 Å². The van der Waals surface area contributed by atoms with Gasteiger partial charge in [-0.05, 0) is 24.6 Å². The van der Waals surface area contributed by atoms with E-state index in [2.05, 4.69) is 10.1 Å². The first-order chi connectivity index (χ1) is 9.13. The van der Waals surface area contributed by atoms with Crippen LogP contribution in [0.4, 0.5) is 0 Å². The summed E-state index contributed by atoms with van der Waals surface area (Å²) in [5, 5.41) is 14.0. The van der Waals surface area contributed by atoms with Crippen LogP contribution >= 0.6 is 11.6 Å². The van der Waals surface area contributed by atoms with Gasteiger partial charge in [0.25, 0.3) is 0 Å². The lowest BCUT2D eigenvalue weighted by Gasteiger charge is -2.04. The van der Waals surface area contributed by atoms with E-state index >= 15 is 0 Å². The molecule has 0 fully saturated rings. The normalized spacial score (nSPS) is 12.4. The van der Waals surface area contributed by atoms with E-state index in [1.165, 1.54) is 0 Å². The predicted octanol–water partition coefficient (Wildman–Crippen LogP) is 2.71. The Morgan fingerprint density at radius 2 is 2.26 bits per heavy atom.